The van der Waals surface area contributed by atoms with Crippen LogP contribution in [0.15, 0.2) is 41.7 Å². The Labute approximate surface area is 178 Å². The van der Waals surface area contributed by atoms with Gasteiger partial charge >= 0.3 is 11.9 Å². The largest absolute Gasteiger partial charge is 0.493 e. The van der Waals surface area contributed by atoms with Crippen LogP contribution in [0.3, 0.4) is 0 Å². The standard InChI is InChI=1S/C23H20O8/c1-11(2)22-21(27)13-5-7-16-20(23(13)31-22)14(9-19(26)30-16)12-4-6-15(17(8-12)28-3)29-10-18(24)25/h4-8,14H,9-10H2,1-3H3,(H,24,25). The molecule has 2 aromatic carbocycles. The van der Waals surface area contributed by atoms with Gasteiger partial charge in [-0.2, -0.15) is 0 Å². The highest BCUT2D eigenvalue weighted by Crippen LogP contribution is 2.49. The maximum Gasteiger partial charge on any atom is 0.341 e. The average Bonchev–Trinajstić information content (AvgIpc) is 3.08. The van der Waals surface area contributed by atoms with Crippen molar-refractivity contribution in [3.63, 3.8) is 0 Å². The molecule has 8 nitrogen and oxygen atoms in total. The van der Waals surface area contributed by atoms with Crippen LogP contribution in [0.1, 0.15) is 47.7 Å². The lowest BCUT2D eigenvalue weighted by Gasteiger charge is -2.26. The molecule has 31 heavy (non-hydrogen) atoms. The SMILES string of the molecule is COc1cc(C2CC(=O)Oc3ccc4c(c32)OC(=C(C)C)C4=O)ccc1OCC(=O)O. The Morgan fingerprint density at radius 3 is 2.58 bits per heavy atom. The van der Waals surface area contributed by atoms with E-state index < -0.39 is 24.5 Å². The van der Waals surface area contributed by atoms with Gasteiger partial charge in [0, 0.05) is 11.5 Å². The molecule has 0 aliphatic carbocycles. The highest BCUT2D eigenvalue weighted by molar-refractivity contribution is 6.13. The Morgan fingerprint density at radius 1 is 1.13 bits per heavy atom. The first-order valence-corrected chi connectivity index (χ1v) is 9.60. The molecule has 0 aromatic heterocycles. The summed E-state index contributed by atoms with van der Waals surface area (Å²) < 4.78 is 22.0. The van der Waals surface area contributed by atoms with Crippen LogP contribution in [-0.4, -0.2) is 36.5 Å². The van der Waals surface area contributed by atoms with Gasteiger partial charge in [-0.25, -0.2) is 4.79 Å². The molecule has 0 bridgehead atoms. The van der Waals surface area contributed by atoms with Gasteiger partial charge in [-0.3, -0.25) is 9.59 Å². The second kappa shape index (κ2) is 7.79. The lowest BCUT2D eigenvalue weighted by atomic mass is 9.84. The molecule has 0 spiro atoms. The van der Waals surface area contributed by atoms with Gasteiger partial charge in [-0.1, -0.05) is 6.07 Å². The maximum atomic E-state index is 12.7. The summed E-state index contributed by atoms with van der Waals surface area (Å²) in [4.78, 5) is 35.8. The molecule has 8 heteroatoms. The van der Waals surface area contributed by atoms with E-state index in [0.29, 0.717) is 33.9 Å². The number of carbonyl (C=O) groups excluding carboxylic acids is 2. The lowest BCUT2D eigenvalue weighted by Crippen LogP contribution is -2.21. The van der Waals surface area contributed by atoms with Crippen molar-refractivity contribution in [1.29, 1.82) is 0 Å². The molecule has 2 aromatic rings. The molecule has 2 heterocycles. The molecule has 2 aliphatic heterocycles. The van der Waals surface area contributed by atoms with Gasteiger partial charge in [0.05, 0.1) is 19.1 Å². The zero-order chi connectivity index (χ0) is 22.3. The summed E-state index contributed by atoms with van der Waals surface area (Å²) in [5, 5.41) is 8.84. The summed E-state index contributed by atoms with van der Waals surface area (Å²) in [6.07, 6.45) is 0.0453. The second-order valence-electron chi connectivity index (χ2n) is 7.44. The number of Topliss-reactive ketones (excluding diaryl/α,β-unsaturated/α-hetero) is 1. The number of hydrogen-bond donors (Lipinski definition) is 1. The fraction of sp³-hybridized carbons (Fsp3) is 0.261. The number of methoxy groups -OCH3 is 1. The van der Waals surface area contributed by atoms with E-state index >= 15 is 0 Å². The number of hydrogen-bond acceptors (Lipinski definition) is 7. The molecule has 1 unspecified atom stereocenters. The molecule has 0 radical (unpaired) electrons. The van der Waals surface area contributed by atoms with E-state index in [1.54, 1.807) is 44.2 Å². The van der Waals surface area contributed by atoms with E-state index in [1.807, 2.05) is 0 Å². The third-order valence-corrected chi connectivity index (χ3v) is 5.15. The minimum Gasteiger partial charge on any atom is -0.493 e. The number of aliphatic carboxylic acids is 1. The van der Waals surface area contributed by atoms with Crippen LogP contribution in [0, 0.1) is 0 Å². The van der Waals surface area contributed by atoms with Crippen molar-refractivity contribution in [1.82, 2.24) is 0 Å². The third-order valence-electron chi connectivity index (χ3n) is 5.15. The Bertz CT molecular complexity index is 1140. The zero-order valence-corrected chi connectivity index (χ0v) is 17.2. The van der Waals surface area contributed by atoms with E-state index in [0.717, 1.165) is 5.57 Å². The van der Waals surface area contributed by atoms with E-state index in [1.165, 1.54) is 7.11 Å². The molecule has 160 valence electrons. The first-order chi connectivity index (χ1) is 14.8. The van der Waals surface area contributed by atoms with Crippen molar-refractivity contribution in [2.75, 3.05) is 13.7 Å². The number of benzene rings is 2. The molecule has 1 N–H and O–H groups in total. The Kier molecular flexibility index (Phi) is 5.14. The van der Waals surface area contributed by atoms with Crippen molar-refractivity contribution < 1.29 is 38.4 Å². The molecule has 0 amide bonds. The fourth-order valence-corrected chi connectivity index (χ4v) is 3.77. The van der Waals surface area contributed by atoms with Gasteiger partial charge in [0.2, 0.25) is 5.78 Å². The Balaban J connectivity index is 1.81. The number of carboxylic acid groups (broad SMARTS) is 1. The van der Waals surface area contributed by atoms with Crippen LogP contribution in [0.2, 0.25) is 0 Å². The summed E-state index contributed by atoms with van der Waals surface area (Å²) in [6, 6.07) is 8.21. The highest BCUT2D eigenvalue weighted by atomic mass is 16.5. The number of rotatable bonds is 5. The first kappa shape index (κ1) is 20.5. The number of carbonyl (C=O) groups is 3. The molecule has 2 aliphatic rings. The minimum atomic E-state index is -1.11. The Hall–Kier alpha value is -3.81. The van der Waals surface area contributed by atoms with Crippen LogP contribution in [0.4, 0.5) is 0 Å². The smallest absolute Gasteiger partial charge is 0.341 e. The summed E-state index contributed by atoms with van der Waals surface area (Å²) in [5.74, 6) is -0.570. The van der Waals surface area contributed by atoms with Gasteiger partial charge in [-0.15, -0.1) is 0 Å². The molecular formula is C23H20O8. The fourth-order valence-electron chi connectivity index (χ4n) is 3.77. The lowest BCUT2D eigenvalue weighted by molar-refractivity contribution is -0.139. The Morgan fingerprint density at radius 2 is 1.90 bits per heavy atom. The number of esters is 1. The number of ketones is 1. The molecular weight excluding hydrogens is 404 g/mol. The third kappa shape index (κ3) is 3.61. The van der Waals surface area contributed by atoms with Crippen LogP contribution >= 0.6 is 0 Å². The van der Waals surface area contributed by atoms with Gasteiger partial charge in [0.1, 0.15) is 11.5 Å². The molecule has 0 saturated heterocycles. The van der Waals surface area contributed by atoms with Crippen LogP contribution in [0.5, 0.6) is 23.0 Å². The molecule has 4 rings (SSSR count). The maximum absolute atomic E-state index is 12.7. The summed E-state index contributed by atoms with van der Waals surface area (Å²) in [6.45, 7) is 3.08. The van der Waals surface area contributed by atoms with E-state index in [2.05, 4.69) is 0 Å². The van der Waals surface area contributed by atoms with Crippen molar-refractivity contribution in [2.24, 2.45) is 0 Å². The van der Waals surface area contributed by atoms with Crippen molar-refractivity contribution >= 4 is 17.7 Å². The number of fused-ring (bicyclic) bond motifs is 3. The second-order valence-corrected chi connectivity index (χ2v) is 7.44. The van der Waals surface area contributed by atoms with Crippen molar-refractivity contribution in [3.8, 4) is 23.0 Å². The topological polar surface area (TPSA) is 108 Å². The summed E-state index contributed by atoms with van der Waals surface area (Å²) >= 11 is 0. The molecule has 1 atom stereocenters. The minimum absolute atomic E-state index is 0.0453. The van der Waals surface area contributed by atoms with Crippen LogP contribution in [-0.2, 0) is 9.59 Å². The normalized spacial score (nSPS) is 16.7. The number of allylic oxidation sites excluding steroid dienone is 2. The quantitative estimate of drug-likeness (QED) is 0.442. The molecule has 0 saturated carbocycles. The van der Waals surface area contributed by atoms with Crippen LogP contribution in [0.25, 0.3) is 0 Å². The van der Waals surface area contributed by atoms with Crippen LogP contribution < -0.4 is 18.9 Å². The van der Waals surface area contributed by atoms with Gasteiger partial charge in [0.25, 0.3) is 0 Å². The number of carboxylic acids is 1. The monoisotopic (exact) mass is 424 g/mol. The van der Waals surface area contributed by atoms with Gasteiger partial charge < -0.3 is 24.1 Å². The first-order valence-electron chi connectivity index (χ1n) is 9.60. The van der Waals surface area contributed by atoms with Crippen molar-refractivity contribution in [2.45, 2.75) is 26.2 Å². The molecule has 0 fully saturated rings. The average molecular weight is 424 g/mol. The summed E-state index contributed by atoms with van der Waals surface area (Å²) in [7, 11) is 1.44. The van der Waals surface area contributed by atoms with Gasteiger partial charge in [0.15, 0.2) is 23.9 Å². The highest BCUT2D eigenvalue weighted by Gasteiger charge is 2.39. The van der Waals surface area contributed by atoms with E-state index in [-0.39, 0.29) is 23.7 Å². The summed E-state index contributed by atoms with van der Waals surface area (Å²) in [5.41, 5.74) is 2.50. The number of ether oxygens (including phenoxy) is 4. The predicted octanol–water partition coefficient (Wildman–Crippen LogP) is 3.47. The van der Waals surface area contributed by atoms with E-state index in [9.17, 15) is 14.4 Å². The van der Waals surface area contributed by atoms with E-state index in [4.69, 9.17) is 24.1 Å². The van der Waals surface area contributed by atoms with Crippen molar-refractivity contribution in [3.05, 3.63) is 58.4 Å². The van der Waals surface area contributed by atoms with Gasteiger partial charge in [-0.05, 0) is 49.2 Å². The predicted molar refractivity (Wildman–Crippen MR) is 108 cm³/mol. The zero-order valence-electron chi connectivity index (χ0n) is 17.2.